The lowest BCUT2D eigenvalue weighted by Gasteiger charge is -2.71. The number of rotatable bonds is 11. The summed E-state index contributed by atoms with van der Waals surface area (Å²) in [6, 6.07) is 0. The van der Waals surface area contributed by atoms with Gasteiger partial charge in [0.25, 0.3) is 0 Å². The maximum absolute atomic E-state index is 13.2. The number of carboxylic acid groups (broad SMARTS) is 1. The molecule has 0 aromatic heterocycles. The number of allylic oxidation sites excluding steroid dienone is 2. The smallest absolute Gasteiger partial charge is 0.310 e. The number of hydrogen-bond acceptors (Lipinski definition) is 18. The van der Waals surface area contributed by atoms with Gasteiger partial charge in [-0.3, -0.25) is 4.79 Å². The maximum Gasteiger partial charge on any atom is 0.310 e. The summed E-state index contributed by atoms with van der Waals surface area (Å²) in [6.07, 6.45) is -17.1. The highest BCUT2D eigenvalue weighted by molar-refractivity contribution is 5.76. The highest BCUT2D eigenvalue weighted by Gasteiger charge is 2.70. The minimum atomic E-state index is -1.94. The van der Waals surface area contributed by atoms with E-state index in [2.05, 4.69) is 40.7 Å². The van der Waals surface area contributed by atoms with E-state index in [4.69, 9.17) is 28.4 Å². The van der Waals surface area contributed by atoms with E-state index >= 15 is 0 Å². The lowest BCUT2D eigenvalue weighted by Crippen LogP contribution is -2.69. The van der Waals surface area contributed by atoms with Gasteiger partial charge in [-0.15, -0.1) is 0 Å². The average Bonchev–Trinajstić information content (AvgIpc) is 3.29. The van der Waals surface area contributed by atoms with Crippen molar-refractivity contribution < 1.29 is 94.5 Å². The van der Waals surface area contributed by atoms with Crippen molar-refractivity contribution in [2.24, 2.45) is 50.2 Å². The first-order valence-corrected chi connectivity index (χ1v) is 24.5. The largest absolute Gasteiger partial charge is 0.481 e. The van der Waals surface area contributed by atoms with Crippen molar-refractivity contribution in [2.45, 2.75) is 204 Å². The molecule has 0 aromatic carbocycles. The SMILES string of the molecule is CC1(C)CCC2(C(=O)O)CCC3(C)C(=CCC4C5(C)CCC(OC6OC(CO)C(O)C(OC7OC(CO)C(O)C(O)C7O)C6OC6OC(CO)C(O)C(O)C6O)C(C)(CO)C5CCC43C)C2C1. The van der Waals surface area contributed by atoms with Crippen molar-refractivity contribution in [3.63, 3.8) is 0 Å². The van der Waals surface area contributed by atoms with Crippen LogP contribution in [0.15, 0.2) is 11.6 Å². The Morgan fingerprint density at radius 2 is 1.15 bits per heavy atom. The summed E-state index contributed by atoms with van der Waals surface area (Å²) in [7, 11) is 0. The summed E-state index contributed by atoms with van der Waals surface area (Å²) >= 11 is 0. The molecule has 8 aliphatic rings. The number of aliphatic hydroxyl groups is 11. The molecule has 3 aliphatic heterocycles. The lowest BCUT2D eigenvalue weighted by molar-refractivity contribution is -0.400. The van der Waals surface area contributed by atoms with Crippen LogP contribution in [0.4, 0.5) is 0 Å². The van der Waals surface area contributed by atoms with Gasteiger partial charge in [0.05, 0.1) is 37.9 Å². The number of hydrogen-bond donors (Lipinski definition) is 12. The summed E-state index contributed by atoms with van der Waals surface area (Å²) in [5.74, 6) is -0.674. The molecule has 3 heterocycles. The zero-order valence-corrected chi connectivity index (χ0v) is 39.7. The maximum atomic E-state index is 13.2. The first-order chi connectivity index (χ1) is 31.4. The summed E-state index contributed by atoms with van der Waals surface area (Å²) < 4.78 is 36.9. The van der Waals surface area contributed by atoms with Crippen LogP contribution in [0.1, 0.15) is 106 Å². The van der Waals surface area contributed by atoms with E-state index in [-0.39, 0.29) is 46.0 Å². The average molecular weight is 959 g/mol. The van der Waals surface area contributed by atoms with E-state index in [9.17, 15) is 66.1 Å². The van der Waals surface area contributed by atoms with Crippen LogP contribution in [0, 0.1) is 50.2 Å². The van der Waals surface area contributed by atoms with Gasteiger partial charge in [-0.05, 0) is 104 Å². The van der Waals surface area contributed by atoms with Crippen LogP contribution in [-0.4, -0.2) is 192 Å². The first kappa shape index (κ1) is 51.9. The van der Waals surface area contributed by atoms with E-state index in [0.29, 0.717) is 25.7 Å². The molecule has 24 unspecified atom stereocenters. The molecule has 8 rings (SSSR count). The third-order valence-electron chi connectivity index (χ3n) is 19.5. The van der Waals surface area contributed by atoms with Crippen LogP contribution < -0.4 is 0 Å². The minimum Gasteiger partial charge on any atom is -0.481 e. The zero-order chi connectivity index (χ0) is 49.0. The second-order valence-electron chi connectivity index (χ2n) is 23.3. The Balaban J connectivity index is 1.11. The highest BCUT2D eigenvalue weighted by atomic mass is 16.8. The quantitative estimate of drug-likeness (QED) is 0.0933. The Morgan fingerprint density at radius 1 is 0.612 bits per heavy atom. The Morgan fingerprint density at radius 3 is 1.70 bits per heavy atom. The Bertz CT molecular complexity index is 1810. The van der Waals surface area contributed by atoms with E-state index in [1.54, 1.807) is 0 Å². The molecule has 12 N–H and O–H groups in total. The number of fused-ring (bicyclic) bond motifs is 7. The number of aliphatic carboxylic acids is 1. The summed E-state index contributed by atoms with van der Waals surface area (Å²) in [5, 5.41) is 129. The minimum absolute atomic E-state index is 0.0215. The van der Waals surface area contributed by atoms with Crippen LogP contribution in [0.25, 0.3) is 0 Å². The standard InChI is InChI=1S/C48H78O19/c1-43(2)13-15-48(42(60)61)16-14-46(5)22(23(48)17-43)7-8-28-44(3)11-10-29(45(4,21-52)27(44)9-12-47(28,46)6)65-41-38(67-40-36(59)34(57)31(54)25(19-50)63-40)37(32(55)26(20-51)64-41)66-39-35(58)33(56)30(53)24(18-49)62-39/h7,23-41,49-59H,8-21H2,1-6H3,(H,60,61). The Kier molecular flexibility index (Phi) is 14.4. The molecular weight excluding hydrogens is 881 g/mol. The third kappa shape index (κ3) is 8.10. The molecular formula is C48H78O19. The molecule has 3 saturated heterocycles. The molecule has 0 aromatic rings. The molecule has 4 saturated carbocycles. The van der Waals surface area contributed by atoms with Crippen molar-refractivity contribution in [2.75, 3.05) is 26.4 Å². The number of ether oxygens (including phenoxy) is 6. The molecule has 19 heteroatoms. The Labute approximate surface area is 392 Å². The number of aliphatic hydroxyl groups excluding tert-OH is 11. The molecule has 24 atom stereocenters. The van der Waals surface area contributed by atoms with Crippen LogP contribution in [0.3, 0.4) is 0 Å². The predicted octanol–water partition coefficient (Wildman–Crippen LogP) is -0.321. The number of carbonyl (C=O) groups is 1. The summed E-state index contributed by atoms with van der Waals surface area (Å²) in [6.45, 7) is 10.9. The van der Waals surface area contributed by atoms with Crippen molar-refractivity contribution in [1.82, 2.24) is 0 Å². The van der Waals surface area contributed by atoms with E-state index in [1.165, 1.54) is 5.57 Å². The van der Waals surface area contributed by atoms with Crippen LogP contribution in [0.5, 0.6) is 0 Å². The van der Waals surface area contributed by atoms with Gasteiger partial charge in [-0.1, -0.05) is 53.2 Å². The number of carboxylic acids is 1. The van der Waals surface area contributed by atoms with Gasteiger partial charge in [0.15, 0.2) is 18.9 Å². The molecule has 0 bridgehead atoms. The second kappa shape index (κ2) is 18.5. The Hall–Kier alpha value is -1.47. The molecule has 19 nitrogen and oxygen atoms in total. The third-order valence-corrected chi connectivity index (χ3v) is 19.5. The summed E-state index contributed by atoms with van der Waals surface area (Å²) in [5.41, 5.74) is -1.13. The first-order valence-electron chi connectivity index (χ1n) is 24.5. The van der Waals surface area contributed by atoms with Crippen LogP contribution in [-0.2, 0) is 33.2 Å². The summed E-state index contributed by atoms with van der Waals surface area (Å²) in [4.78, 5) is 13.2. The fourth-order valence-electron chi connectivity index (χ4n) is 15.1. The molecule has 5 aliphatic carbocycles. The molecule has 0 radical (unpaired) electrons. The van der Waals surface area contributed by atoms with Gasteiger partial charge in [-0.25, -0.2) is 0 Å². The van der Waals surface area contributed by atoms with E-state index < -0.39 is 135 Å². The van der Waals surface area contributed by atoms with Gasteiger partial charge in [0.1, 0.15) is 73.2 Å². The van der Waals surface area contributed by atoms with Gasteiger partial charge >= 0.3 is 5.97 Å². The predicted molar refractivity (Wildman–Crippen MR) is 232 cm³/mol. The van der Waals surface area contributed by atoms with Crippen molar-refractivity contribution >= 4 is 5.97 Å². The van der Waals surface area contributed by atoms with Crippen LogP contribution in [0.2, 0.25) is 0 Å². The molecule has 7 fully saturated rings. The fourth-order valence-corrected chi connectivity index (χ4v) is 15.1. The monoisotopic (exact) mass is 959 g/mol. The normalized spacial score (nSPS) is 54.2. The van der Waals surface area contributed by atoms with E-state index in [0.717, 1.165) is 38.5 Å². The topological polar surface area (TPSA) is 315 Å². The zero-order valence-electron chi connectivity index (χ0n) is 39.7. The van der Waals surface area contributed by atoms with Gasteiger partial charge < -0.3 is 89.7 Å². The van der Waals surface area contributed by atoms with Gasteiger partial charge in [0, 0.05) is 5.41 Å². The lowest BCUT2D eigenvalue weighted by atomic mass is 9.33. The highest BCUT2D eigenvalue weighted by Crippen LogP contribution is 2.76. The molecule has 67 heavy (non-hydrogen) atoms. The molecule has 0 spiro atoms. The molecule has 0 amide bonds. The van der Waals surface area contributed by atoms with Crippen molar-refractivity contribution in [3.05, 3.63) is 11.6 Å². The van der Waals surface area contributed by atoms with Crippen molar-refractivity contribution in [1.29, 1.82) is 0 Å². The second-order valence-corrected chi connectivity index (χ2v) is 23.3. The van der Waals surface area contributed by atoms with E-state index in [1.807, 2.05) is 6.92 Å². The van der Waals surface area contributed by atoms with Crippen LogP contribution >= 0.6 is 0 Å². The fraction of sp³-hybridized carbons (Fsp3) is 0.938. The van der Waals surface area contributed by atoms with Gasteiger partial charge in [0.2, 0.25) is 0 Å². The van der Waals surface area contributed by atoms with Crippen molar-refractivity contribution in [3.8, 4) is 0 Å². The molecule has 384 valence electrons. The van der Waals surface area contributed by atoms with Gasteiger partial charge in [-0.2, -0.15) is 0 Å².